The van der Waals surface area contributed by atoms with Gasteiger partial charge in [0.05, 0.1) is 11.5 Å². The second kappa shape index (κ2) is 9.88. The molecule has 1 aliphatic carbocycles. The third-order valence-electron chi connectivity index (χ3n) is 7.45. The van der Waals surface area contributed by atoms with E-state index in [0.717, 1.165) is 80.3 Å². The number of nitrogens with zero attached hydrogens (tertiary/aromatic N) is 5. The molecule has 1 saturated carbocycles. The molecule has 1 saturated heterocycles. The number of likely N-dealkylation sites (N-methyl/N-ethyl adjacent to an activating group) is 1. The third kappa shape index (κ3) is 4.49. The van der Waals surface area contributed by atoms with E-state index in [9.17, 15) is 9.90 Å². The Hall–Kier alpha value is -2.71. The fraction of sp³-hybridized carbons (Fsp3) is 0.577. The normalized spacial score (nSPS) is 21.9. The monoisotopic (exact) mass is 464 g/mol. The van der Waals surface area contributed by atoms with E-state index in [1.54, 1.807) is 0 Å². The van der Waals surface area contributed by atoms with Crippen LogP contribution in [0, 0.1) is 0 Å². The smallest absolute Gasteiger partial charge is 0.260 e. The van der Waals surface area contributed by atoms with E-state index in [1.807, 2.05) is 10.8 Å². The van der Waals surface area contributed by atoms with E-state index < -0.39 is 0 Å². The molecule has 0 radical (unpaired) electrons. The highest BCUT2D eigenvalue weighted by Gasteiger charge is 2.26. The van der Waals surface area contributed by atoms with Crippen molar-refractivity contribution in [1.29, 1.82) is 0 Å². The lowest BCUT2D eigenvalue weighted by molar-refractivity contribution is 0.111. The number of aliphatic hydroxyl groups excluding tert-OH is 1. The van der Waals surface area contributed by atoms with Crippen LogP contribution in [0.15, 0.2) is 29.2 Å². The van der Waals surface area contributed by atoms with Crippen molar-refractivity contribution in [3.63, 3.8) is 0 Å². The van der Waals surface area contributed by atoms with Gasteiger partial charge in [0.15, 0.2) is 0 Å². The summed E-state index contributed by atoms with van der Waals surface area (Å²) in [6.07, 6.45) is 6.71. The van der Waals surface area contributed by atoms with Crippen molar-refractivity contribution < 1.29 is 5.11 Å². The van der Waals surface area contributed by atoms with E-state index in [1.165, 1.54) is 0 Å². The Labute approximate surface area is 200 Å². The lowest BCUT2D eigenvalue weighted by Crippen LogP contribution is -2.44. The minimum Gasteiger partial charge on any atom is -0.393 e. The van der Waals surface area contributed by atoms with Gasteiger partial charge in [0.2, 0.25) is 5.95 Å². The van der Waals surface area contributed by atoms with Crippen molar-refractivity contribution in [1.82, 2.24) is 19.4 Å². The molecule has 8 nitrogen and oxygen atoms in total. The third-order valence-corrected chi connectivity index (χ3v) is 7.45. The Morgan fingerprint density at radius 2 is 1.82 bits per heavy atom. The SMILES string of the molecule is CCCCNc1ncc2c3ccc(N4CCN(C)CC4)cc3c(=O)n([C@H]3CC[C@@H](O)CC3)c2n1. The summed E-state index contributed by atoms with van der Waals surface area (Å²) in [6, 6.07) is 6.29. The molecule has 34 heavy (non-hydrogen) atoms. The Kier molecular flexibility index (Phi) is 6.70. The molecule has 3 heterocycles. The first-order valence-electron chi connectivity index (χ1n) is 12.8. The summed E-state index contributed by atoms with van der Waals surface area (Å²) < 4.78 is 1.89. The Morgan fingerprint density at radius 3 is 2.56 bits per heavy atom. The topological polar surface area (TPSA) is 86.5 Å². The Morgan fingerprint density at radius 1 is 1.06 bits per heavy atom. The molecule has 0 amide bonds. The molecule has 0 bridgehead atoms. The van der Waals surface area contributed by atoms with E-state index >= 15 is 0 Å². The molecule has 3 aromatic rings. The van der Waals surface area contributed by atoms with Crippen molar-refractivity contribution in [3.05, 3.63) is 34.7 Å². The summed E-state index contributed by atoms with van der Waals surface area (Å²) >= 11 is 0. The van der Waals surface area contributed by atoms with Crippen molar-refractivity contribution in [2.45, 2.75) is 57.6 Å². The number of fused-ring (bicyclic) bond motifs is 3. The average Bonchev–Trinajstić information content (AvgIpc) is 2.85. The molecule has 0 atom stereocenters. The van der Waals surface area contributed by atoms with Crippen LogP contribution in [0.1, 0.15) is 51.5 Å². The van der Waals surface area contributed by atoms with Crippen LogP contribution in [0.4, 0.5) is 11.6 Å². The molecule has 1 aromatic carbocycles. The summed E-state index contributed by atoms with van der Waals surface area (Å²) in [5.41, 5.74) is 1.81. The van der Waals surface area contributed by atoms with Gasteiger partial charge < -0.3 is 20.2 Å². The van der Waals surface area contributed by atoms with E-state index in [0.29, 0.717) is 24.4 Å². The fourth-order valence-electron chi connectivity index (χ4n) is 5.30. The molecule has 182 valence electrons. The number of hydrogen-bond donors (Lipinski definition) is 2. The molecule has 2 aliphatic rings. The molecule has 1 aliphatic heterocycles. The van der Waals surface area contributed by atoms with Crippen molar-refractivity contribution in [2.24, 2.45) is 0 Å². The van der Waals surface area contributed by atoms with Gasteiger partial charge in [-0.2, -0.15) is 4.98 Å². The van der Waals surface area contributed by atoms with Gasteiger partial charge in [-0.05, 0) is 56.7 Å². The van der Waals surface area contributed by atoms with Gasteiger partial charge >= 0.3 is 0 Å². The predicted molar refractivity (Wildman–Crippen MR) is 138 cm³/mol. The Balaban J connectivity index is 1.63. The molecule has 8 heteroatoms. The van der Waals surface area contributed by atoms with E-state index in [-0.39, 0.29) is 17.7 Å². The van der Waals surface area contributed by atoms with Crippen LogP contribution in [-0.4, -0.2) is 70.4 Å². The molecule has 0 unspecified atom stereocenters. The number of anilines is 2. The first-order valence-corrected chi connectivity index (χ1v) is 12.8. The van der Waals surface area contributed by atoms with Crippen LogP contribution in [0.2, 0.25) is 0 Å². The van der Waals surface area contributed by atoms with Crippen molar-refractivity contribution in [3.8, 4) is 0 Å². The van der Waals surface area contributed by atoms with Gasteiger partial charge in [0, 0.05) is 56.0 Å². The standard InChI is InChI=1S/C26H36N6O2/c1-3-4-11-27-26-28-17-23-21-10-7-19(31-14-12-30(2)13-15-31)16-22(21)25(34)32(24(23)29-26)18-5-8-20(33)9-6-18/h7,10,16-18,20,33H,3-6,8-9,11-15H2,1-2H3,(H,27,28,29)/t18-,20+. The zero-order valence-electron chi connectivity index (χ0n) is 20.3. The second-order valence-corrected chi connectivity index (χ2v) is 9.87. The second-order valence-electron chi connectivity index (χ2n) is 9.87. The summed E-state index contributed by atoms with van der Waals surface area (Å²) in [5, 5.41) is 15.9. The zero-order chi connectivity index (χ0) is 23.7. The number of benzene rings is 1. The fourth-order valence-corrected chi connectivity index (χ4v) is 5.30. The van der Waals surface area contributed by atoms with Gasteiger partial charge in [0.25, 0.3) is 5.56 Å². The van der Waals surface area contributed by atoms with Gasteiger partial charge in [-0.15, -0.1) is 0 Å². The minimum atomic E-state index is -0.275. The molecule has 5 rings (SSSR count). The molecule has 2 N–H and O–H groups in total. The maximum absolute atomic E-state index is 14.0. The van der Waals surface area contributed by atoms with E-state index in [2.05, 4.69) is 52.3 Å². The van der Waals surface area contributed by atoms with Crippen LogP contribution in [0.5, 0.6) is 0 Å². The number of aromatic nitrogens is 3. The van der Waals surface area contributed by atoms with Crippen LogP contribution in [-0.2, 0) is 0 Å². The minimum absolute atomic E-state index is 0.0121. The first-order chi connectivity index (χ1) is 16.5. The molecular weight excluding hydrogens is 428 g/mol. The molecule has 2 aromatic heterocycles. The van der Waals surface area contributed by atoms with Gasteiger partial charge in [0.1, 0.15) is 5.65 Å². The lowest BCUT2D eigenvalue weighted by atomic mass is 9.92. The van der Waals surface area contributed by atoms with Gasteiger partial charge in [-0.25, -0.2) is 4.98 Å². The zero-order valence-corrected chi connectivity index (χ0v) is 20.3. The van der Waals surface area contributed by atoms with Crippen LogP contribution in [0.25, 0.3) is 21.8 Å². The summed E-state index contributed by atoms with van der Waals surface area (Å²) in [5.74, 6) is 0.568. The maximum atomic E-state index is 14.0. The lowest BCUT2D eigenvalue weighted by Gasteiger charge is -2.34. The first kappa shape index (κ1) is 23.1. The highest BCUT2D eigenvalue weighted by molar-refractivity contribution is 6.05. The number of aliphatic hydroxyl groups is 1. The summed E-state index contributed by atoms with van der Waals surface area (Å²) in [7, 11) is 2.15. The number of nitrogens with one attached hydrogen (secondary N) is 1. The maximum Gasteiger partial charge on any atom is 0.260 e. The van der Waals surface area contributed by atoms with Crippen LogP contribution in [0.3, 0.4) is 0 Å². The Bertz CT molecular complexity index is 1210. The number of unbranched alkanes of at least 4 members (excludes halogenated alkanes) is 1. The highest BCUT2D eigenvalue weighted by atomic mass is 16.3. The van der Waals surface area contributed by atoms with Crippen LogP contribution < -0.4 is 15.8 Å². The number of piperazine rings is 1. The van der Waals surface area contributed by atoms with Gasteiger partial charge in [-0.3, -0.25) is 9.36 Å². The molecule has 0 spiro atoms. The van der Waals surface area contributed by atoms with Crippen LogP contribution >= 0.6 is 0 Å². The predicted octanol–water partition coefficient (Wildman–Crippen LogP) is 3.38. The summed E-state index contributed by atoms with van der Waals surface area (Å²) in [6.45, 7) is 6.92. The number of pyridine rings is 1. The van der Waals surface area contributed by atoms with Crippen molar-refractivity contribution in [2.75, 3.05) is 50.0 Å². The number of rotatable bonds is 6. The van der Waals surface area contributed by atoms with Gasteiger partial charge in [-0.1, -0.05) is 19.4 Å². The van der Waals surface area contributed by atoms with E-state index in [4.69, 9.17) is 4.98 Å². The number of hydrogen-bond acceptors (Lipinski definition) is 7. The highest BCUT2D eigenvalue weighted by Crippen LogP contribution is 2.33. The molecular formula is C26H36N6O2. The van der Waals surface area contributed by atoms with Crippen molar-refractivity contribution >= 4 is 33.4 Å². The molecule has 2 fully saturated rings. The largest absolute Gasteiger partial charge is 0.393 e. The summed E-state index contributed by atoms with van der Waals surface area (Å²) in [4.78, 5) is 28.1. The quantitative estimate of drug-likeness (QED) is 0.427. The average molecular weight is 465 g/mol.